The van der Waals surface area contributed by atoms with Crippen molar-refractivity contribution >= 4 is 54.9 Å². The summed E-state index contributed by atoms with van der Waals surface area (Å²) >= 11 is 11.1. The van der Waals surface area contributed by atoms with E-state index in [0.717, 1.165) is 43.8 Å². The van der Waals surface area contributed by atoms with Crippen molar-refractivity contribution in [3.63, 3.8) is 0 Å². The molecule has 0 saturated heterocycles. The Morgan fingerprint density at radius 1 is 1.23 bits per heavy atom. The van der Waals surface area contributed by atoms with Gasteiger partial charge in [-0.1, -0.05) is 11.6 Å². The largest absolute Gasteiger partial charge is 0.496 e. The third kappa shape index (κ3) is 2.78. The highest BCUT2D eigenvalue weighted by Gasteiger charge is 2.20. The molecule has 132 valence electrons. The molecule has 2 aromatic carbocycles. The molecule has 0 saturated carbocycles. The molecule has 0 bridgehead atoms. The Kier molecular flexibility index (Phi) is 4.42. The summed E-state index contributed by atoms with van der Waals surface area (Å²) in [6.45, 7) is 2.08. The van der Waals surface area contributed by atoms with Crippen LogP contribution in [0.4, 0.5) is 5.13 Å². The molecule has 2 aromatic heterocycles. The molecule has 0 amide bonds. The van der Waals surface area contributed by atoms with Crippen molar-refractivity contribution in [2.75, 3.05) is 12.8 Å². The average Bonchev–Trinajstić information content (AvgIpc) is 3.15. The minimum atomic E-state index is 0.552. The predicted octanol–water partition coefficient (Wildman–Crippen LogP) is 6.07. The number of aromatic nitrogens is 2. The molecule has 0 aliphatic carbocycles. The first kappa shape index (κ1) is 17.4. The van der Waals surface area contributed by atoms with Crippen molar-refractivity contribution < 1.29 is 4.74 Å². The van der Waals surface area contributed by atoms with Crippen molar-refractivity contribution in [3.8, 4) is 22.7 Å². The Hall–Kier alpha value is -2.02. The van der Waals surface area contributed by atoms with Crippen molar-refractivity contribution in [1.29, 1.82) is 0 Å². The van der Waals surface area contributed by atoms with Gasteiger partial charge < -0.3 is 15.0 Å². The molecule has 4 nitrogen and oxygen atoms in total. The number of nitrogens with zero attached hydrogens (tertiary/aromatic N) is 2. The van der Waals surface area contributed by atoms with E-state index in [1.54, 1.807) is 7.11 Å². The highest BCUT2D eigenvalue weighted by molar-refractivity contribution is 9.10. The van der Waals surface area contributed by atoms with E-state index in [1.165, 1.54) is 11.3 Å². The van der Waals surface area contributed by atoms with Crippen molar-refractivity contribution in [1.82, 2.24) is 9.55 Å². The number of anilines is 1. The van der Waals surface area contributed by atoms with Crippen molar-refractivity contribution in [2.24, 2.45) is 0 Å². The molecule has 0 atom stereocenters. The number of nitrogens with two attached hydrogens (primary N) is 1. The number of hydrogen-bond acceptors (Lipinski definition) is 4. The maximum atomic E-state index is 6.07. The number of nitrogen functional groups attached to an aromatic ring is 1. The smallest absolute Gasteiger partial charge is 0.180 e. The first-order chi connectivity index (χ1) is 12.5. The van der Waals surface area contributed by atoms with Crippen LogP contribution >= 0.6 is 38.9 Å². The summed E-state index contributed by atoms with van der Waals surface area (Å²) in [6, 6.07) is 11.9. The summed E-state index contributed by atoms with van der Waals surface area (Å²) < 4.78 is 8.59. The number of ether oxygens (including phenoxy) is 1. The van der Waals surface area contributed by atoms with E-state index in [2.05, 4.69) is 38.5 Å². The fourth-order valence-electron chi connectivity index (χ4n) is 3.22. The van der Waals surface area contributed by atoms with Gasteiger partial charge in [-0.15, -0.1) is 11.3 Å². The minimum absolute atomic E-state index is 0.552. The lowest BCUT2D eigenvalue weighted by molar-refractivity contribution is 0.413. The van der Waals surface area contributed by atoms with Crippen LogP contribution in [-0.2, 0) is 0 Å². The Labute approximate surface area is 168 Å². The summed E-state index contributed by atoms with van der Waals surface area (Å²) in [5.41, 5.74) is 11.0. The van der Waals surface area contributed by atoms with Gasteiger partial charge in [-0.25, -0.2) is 4.98 Å². The molecule has 0 aliphatic heterocycles. The van der Waals surface area contributed by atoms with E-state index in [9.17, 15) is 0 Å². The number of rotatable bonds is 3. The second-order valence-electron chi connectivity index (χ2n) is 5.85. The molecule has 4 aromatic rings. The van der Waals surface area contributed by atoms with Crippen molar-refractivity contribution in [2.45, 2.75) is 6.92 Å². The molecule has 0 unspecified atom stereocenters. The van der Waals surface area contributed by atoms with Gasteiger partial charge in [0.1, 0.15) is 5.75 Å². The number of benzene rings is 2. The maximum absolute atomic E-state index is 6.07. The van der Waals surface area contributed by atoms with Crippen LogP contribution in [0.5, 0.6) is 5.75 Å². The topological polar surface area (TPSA) is 53.1 Å². The zero-order valence-electron chi connectivity index (χ0n) is 14.1. The number of halogens is 2. The van der Waals surface area contributed by atoms with Crippen LogP contribution in [0.15, 0.2) is 46.3 Å². The maximum Gasteiger partial charge on any atom is 0.180 e. The summed E-state index contributed by atoms with van der Waals surface area (Å²) in [5, 5.41) is 4.30. The van der Waals surface area contributed by atoms with Crippen LogP contribution in [0.2, 0.25) is 5.02 Å². The molecule has 0 radical (unpaired) electrons. The molecular formula is C19H15BrClN3OS. The van der Waals surface area contributed by atoms with Gasteiger partial charge in [0.2, 0.25) is 0 Å². The van der Waals surface area contributed by atoms with Crippen LogP contribution < -0.4 is 10.5 Å². The van der Waals surface area contributed by atoms with Crippen LogP contribution in [0.25, 0.3) is 27.8 Å². The summed E-state index contributed by atoms with van der Waals surface area (Å²) in [4.78, 5) is 4.50. The van der Waals surface area contributed by atoms with E-state index in [4.69, 9.17) is 22.1 Å². The van der Waals surface area contributed by atoms with E-state index in [1.807, 2.05) is 35.7 Å². The number of thiazole rings is 1. The molecule has 4 rings (SSSR count). The van der Waals surface area contributed by atoms with Gasteiger partial charge in [0.05, 0.1) is 22.8 Å². The van der Waals surface area contributed by atoms with Gasteiger partial charge in [-0.2, -0.15) is 0 Å². The van der Waals surface area contributed by atoms with Crippen LogP contribution in [0, 0.1) is 6.92 Å². The lowest BCUT2D eigenvalue weighted by atomic mass is 10.1. The summed E-state index contributed by atoms with van der Waals surface area (Å²) in [7, 11) is 1.66. The molecule has 0 spiro atoms. The van der Waals surface area contributed by atoms with E-state index >= 15 is 0 Å². The fraction of sp³-hybridized carbons (Fsp3) is 0.105. The van der Waals surface area contributed by atoms with E-state index < -0.39 is 0 Å². The zero-order chi connectivity index (χ0) is 18.4. The minimum Gasteiger partial charge on any atom is -0.496 e. The number of hydrogen-bond donors (Lipinski definition) is 1. The van der Waals surface area contributed by atoms with Gasteiger partial charge in [0.25, 0.3) is 0 Å². The summed E-state index contributed by atoms with van der Waals surface area (Å²) in [5.74, 6) is 0.773. The van der Waals surface area contributed by atoms with E-state index in [-0.39, 0.29) is 0 Å². The molecular weight excluding hydrogens is 434 g/mol. The fourth-order valence-corrected chi connectivity index (χ4v) is 4.39. The van der Waals surface area contributed by atoms with Gasteiger partial charge in [0, 0.05) is 32.7 Å². The predicted molar refractivity (Wildman–Crippen MR) is 113 cm³/mol. The van der Waals surface area contributed by atoms with Gasteiger partial charge in [-0.05, 0) is 59.3 Å². The van der Waals surface area contributed by atoms with Crippen LogP contribution in [-0.4, -0.2) is 16.7 Å². The first-order valence-electron chi connectivity index (χ1n) is 7.85. The van der Waals surface area contributed by atoms with Crippen LogP contribution in [0.3, 0.4) is 0 Å². The lowest BCUT2D eigenvalue weighted by Gasteiger charge is -2.10. The molecule has 0 aliphatic rings. The first-order valence-corrected chi connectivity index (χ1v) is 9.90. The Morgan fingerprint density at radius 2 is 1.96 bits per heavy atom. The van der Waals surface area contributed by atoms with E-state index in [0.29, 0.717) is 10.2 Å². The van der Waals surface area contributed by atoms with Crippen LogP contribution in [0.1, 0.15) is 5.69 Å². The van der Waals surface area contributed by atoms with Gasteiger partial charge in [-0.3, -0.25) is 0 Å². The molecule has 2 heterocycles. The SMILES string of the molecule is COc1cc2c(-c3csc(N)n3)c(C)n(-c3ccc(Cl)cc3)c2cc1Br. The lowest BCUT2D eigenvalue weighted by Crippen LogP contribution is -1.96. The van der Waals surface area contributed by atoms with Crippen molar-refractivity contribution in [3.05, 3.63) is 57.0 Å². The number of fused-ring (bicyclic) bond motifs is 1. The second kappa shape index (κ2) is 6.61. The standard InChI is InChI=1S/C19H15BrClN3OS/c1-10-18(15-9-26-19(22)23-15)13-7-17(25-2)14(20)8-16(13)24(10)12-5-3-11(21)4-6-12/h3-9H,1-2H3,(H2,22,23). The third-order valence-corrected chi connectivity index (χ3v) is 5.89. The highest BCUT2D eigenvalue weighted by Crippen LogP contribution is 2.41. The second-order valence-corrected chi connectivity index (χ2v) is 8.03. The molecule has 26 heavy (non-hydrogen) atoms. The summed E-state index contributed by atoms with van der Waals surface area (Å²) in [6.07, 6.45) is 0. The third-order valence-electron chi connectivity index (χ3n) is 4.34. The zero-order valence-corrected chi connectivity index (χ0v) is 17.2. The molecule has 0 fully saturated rings. The Balaban J connectivity index is 2.10. The Morgan fingerprint density at radius 3 is 2.58 bits per heavy atom. The average molecular weight is 449 g/mol. The monoisotopic (exact) mass is 447 g/mol. The number of methoxy groups -OCH3 is 1. The van der Waals surface area contributed by atoms with Gasteiger partial charge in [0.15, 0.2) is 5.13 Å². The van der Waals surface area contributed by atoms with Gasteiger partial charge >= 0.3 is 0 Å². The molecule has 2 N–H and O–H groups in total. The quantitative estimate of drug-likeness (QED) is 0.414. The molecule has 7 heteroatoms. The Bertz CT molecular complexity index is 1120. The highest BCUT2D eigenvalue weighted by atomic mass is 79.9. The normalized spacial score (nSPS) is 11.2.